The molecular weight excluding hydrogens is 196 g/mol. The number of ether oxygens (including phenoxy) is 1. The molecule has 3 unspecified atom stereocenters. The summed E-state index contributed by atoms with van der Waals surface area (Å²) in [6, 6.07) is 0.0267. The van der Waals surface area contributed by atoms with Crippen LogP contribution in [0.1, 0.15) is 49.5 Å². The number of aromatic nitrogens is 1. The highest BCUT2D eigenvalue weighted by molar-refractivity contribution is 7.09. The first-order chi connectivity index (χ1) is 6.66. The van der Waals surface area contributed by atoms with Crippen molar-refractivity contribution in [1.29, 1.82) is 0 Å². The molecule has 1 aromatic rings. The molecule has 0 radical (unpaired) electrons. The number of rotatable bonds is 2. The predicted octanol–water partition coefficient (Wildman–Crippen LogP) is 2.40. The van der Waals surface area contributed by atoms with Gasteiger partial charge in [-0.15, -0.1) is 11.3 Å². The third kappa shape index (κ3) is 1.97. The van der Waals surface area contributed by atoms with E-state index >= 15 is 0 Å². The second kappa shape index (κ2) is 3.96. The van der Waals surface area contributed by atoms with Crippen molar-refractivity contribution in [2.24, 2.45) is 5.73 Å². The van der Waals surface area contributed by atoms with Gasteiger partial charge < -0.3 is 10.5 Å². The quantitative estimate of drug-likeness (QED) is 0.819. The lowest BCUT2D eigenvalue weighted by Crippen LogP contribution is -2.06. The summed E-state index contributed by atoms with van der Waals surface area (Å²) in [6.07, 6.45) is 2.82. The molecule has 3 atom stereocenters. The molecule has 2 heterocycles. The van der Waals surface area contributed by atoms with Crippen molar-refractivity contribution < 1.29 is 4.74 Å². The number of nitrogens with zero attached hydrogens (tertiary/aromatic N) is 1. The minimum absolute atomic E-state index is 0.0267. The van der Waals surface area contributed by atoms with Crippen molar-refractivity contribution in [2.75, 3.05) is 0 Å². The fraction of sp³-hybridized carbons (Fsp3) is 0.700. The lowest BCUT2D eigenvalue weighted by atomic mass is 10.2. The van der Waals surface area contributed by atoms with Gasteiger partial charge in [0, 0.05) is 11.4 Å². The highest BCUT2D eigenvalue weighted by Crippen LogP contribution is 2.34. The van der Waals surface area contributed by atoms with Crippen molar-refractivity contribution in [3.05, 3.63) is 16.1 Å². The van der Waals surface area contributed by atoms with E-state index in [9.17, 15) is 0 Å². The van der Waals surface area contributed by atoms with Crippen LogP contribution in [0.25, 0.3) is 0 Å². The third-order valence-corrected chi connectivity index (χ3v) is 3.47. The van der Waals surface area contributed by atoms with Crippen molar-refractivity contribution in [2.45, 2.75) is 44.9 Å². The van der Waals surface area contributed by atoms with Crippen LogP contribution in [0.2, 0.25) is 0 Å². The summed E-state index contributed by atoms with van der Waals surface area (Å²) >= 11 is 1.66. The molecule has 2 rings (SSSR count). The van der Waals surface area contributed by atoms with E-state index in [2.05, 4.69) is 11.9 Å². The maximum Gasteiger partial charge on any atom is 0.122 e. The summed E-state index contributed by atoms with van der Waals surface area (Å²) in [5.74, 6) is 0. The molecule has 0 spiro atoms. The number of nitrogens with two attached hydrogens (primary N) is 1. The number of hydrogen-bond donors (Lipinski definition) is 1. The molecule has 0 aromatic carbocycles. The van der Waals surface area contributed by atoms with Gasteiger partial charge in [0.05, 0.1) is 11.8 Å². The maximum atomic E-state index is 5.76. The topological polar surface area (TPSA) is 48.1 Å². The fourth-order valence-electron chi connectivity index (χ4n) is 1.64. The Hall–Kier alpha value is -0.450. The zero-order valence-electron chi connectivity index (χ0n) is 8.56. The van der Waals surface area contributed by atoms with Gasteiger partial charge in [-0.1, -0.05) is 0 Å². The minimum Gasteiger partial charge on any atom is -0.368 e. The molecule has 14 heavy (non-hydrogen) atoms. The van der Waals surface area contributed by atoms with Crippen molar-refractivity contribution in [3.8, 4) is 0 Å². The van der Waals surface area contributed by atoms with Crippen LogP contribution in [0, 0.1) is 0 Å². The number of thiazole rings is 1. The van der Waals surface area contributed by atoms with Crippen LogP contribution >= 0.6 is 11.3 Å². The molecule has 1 fully saturated rings. The minimum atomic E-state index is 0.0267. The van der Waals surface area contributed by atoms with Crippen LogP contribution in [0.15, 0.2) is 5.38 Å². The van der Waals surface area contributed by atoms with Gasteiger partial charge in [-0.25, -0.2) is 4.98 Å². The Morgan fingerprint density at radius 3 is 2.93 bits per heavy atom. The van der Waals surface area contributed by atoms with Crippen LogP contribution in [-0.2, 0) is 4.74 Å². The van der Waals surface area contributed by atoms with Crippen LogP contribution in [0.3, 0.4) is 0 Å². The summed E-state index contributed by atoms with van der Waals surface area (Å²) in [5.41, 5.74) is 6.74. The summed E-state index contributed by atoms with van der Waals surface area (Å²) in [7, 11) is 0. The largest absolute Gasteiger partial charge is 0.368 e. The first-order valence-electron chi connectivity index (χ1n) is 5.03. The molecule has 1 aliphatic heterocycles. The second-order valence-corrected chi connectivity index (χ2v) is 4.80. The van der Waals surface area contributed by atoms with E-state index in [0.717, 1.165) is 23.5 Å². The summed E-state index contributed by atoms with van der Waals surface area (Å²) < 4.78 is 5.75. The Labute approximate surface area is 88.3 Å². The van der Waals surface area contributed by atoms with E-state index in [-0.39, 0.29) is 12.1 Å². The predicted molar refractivity (Wildman–Crippen MR) is 57.2 cm³/mol. The van der Waals surface area contributed by atoms with E-state index < -0.39 is 0 Å². The van der Waals surface area contributed by atoms with Crippen LogP contribution in [0.5, 0.6) is 0 Å². The molecule has 1 saturated heterocycles. The SMILES string of the molecule is CC1CCC(c2nc(C(C)N)cs2)O1. The van der Waals surface area contributed by atoms with Crippen molar-refractivity contribution in [1.82, 2.24) is 4.98 Å². The standard InChI is InChI=1S/C10H16N2OS/c1-6-3-4-9(13-6)10-12-8(5-14-10)7(2)11/h5-7,9H,3-4,11H2,1-2H3. The van der Waals surface area contributed by atoms with Crippen LogP contribution < -0.4 is 5.73 Å². The molecule has 2 N–H and O–H groups in total. The molecule has 4 heteroatoms. The van der Waals surface area contributed by atoms with Gasteiger partial charge in [0.1, 0.15) is 11.1 Å². The first-order valence-corrected chi connectivity index (χ1v) is 5.91. The van der Waals surface area contributed by atoms with Gasteiger partial charge in [0.15, 0.2) is 0 Å². The van der Waals surface area contributed by atoms with E-state index in [4.69, 9.17) is 10.5 Å². The van der Waals surface area contributed by atoms with Gasteiger partial charge in [-0.2, -0.15) is 0 Å². The smallest absolute Gasteiger partial charge is 0.122 e. The molecule has 0 bridgehead atoms. The Kier molecular flexibility index (Phi) is 2.85. The number of hydrogen-bond acceptors (Lipinski definition) is 4. The summed E-state index contributed by atoms with van der Waals surface area (Å²) in [5, 5.41) is 3.12. The lowest BCUT2D eigenvalue weighted by molar-refractivity contribution is 0.0553. The van der Waals surface area contributed by atoms with Gasteiger partial charge >= 0.3 is 0 Å². The fourth-order valence-corrected chi connectivity index (χ4v) is 2.63. The molecule has 3 nitrogen and oxygen atoms in total. The van der Waals surface area contributed by atoms with Gasteiger partial charge in [-0.05, 0) is 26.7 Å². The average Bonchev–Trinajstić information content (AvgIpc) is 2.70. The average molecular weight is 212 g/mol. The summed E-state index contributed by atoms with van der Waals surface area (Å²) in [4.78, 5) is 4.49. The van der Waals surface area contributed by atoms with E-state index in [0.29, 0.717) is 6.10 Å². The van der Waals surface area contributed by atoms with E-state index in [1.165, 1.54) is 0 Å². The normalized spacial score (nSPS) is 29.4. The van der Waals surface area contributed by atoms with Gasteiger partial charge in [-0.3, -0.25) is 0 Å². The Morgan fingerprint density at radius 2 is 2.43 bits per heavy atom. The monoisotopic (exact) mass is 212 g/mol. The molecule has 0 saturated carbocycles. The third-order valence-electron chi connectivity index (χ3n) is 2.51. The van der Waals surface area contributed by atoms with E-state index in [1.54, 1.807) is 11.3 Å². The molecule has 1 aromatic heterocycles. The zero-order valence-corrected chi connectivity index (χ0v) is 9.38. The lowest BCUT2D eigenvalue weighted by Gasteiger charge is -2.07. The Morgan fingerprint density at radius 1 is 1.64 bits per heavy atom. The van der Waals surface area contributed by atoms with Gasteiger partial charge in [0.25, 0.3) is 0 Å². The maximum absolute atomic E-state index is 5.76. The second-order valence-electron chi connectivity index (χ2n) is 3.91. The molecular formula is C10H16N2OS. The Balaban J connectivity index is 2.09. The highest BCUT2D eigenvalue weighted by Gasteiger charge is 2.25. The molecule has 78 valence electrons. The first kappa shape index (κ1) is 10.1. The van der Waals surface area contributed by atoms with Crippen LogP contribution in [-0.4, -0.2) is 11.1 Å². The van der Waals surface area contributed by atoms with Gasteiger partial charge in [0.2, 0.25) is 0 Å². The molecule has 0 amide bonds. The Bertz CT molecular complexity index is 311. The van der Waals surface area contributed by atoms with Crippen molar-refractivity contribution >= 4 is 11.3 Å². The zero-order chi connectivity index (χ0) is 10.1. The summed E-state index contributed by atoms with van der Waals surface area (Å²) in [6.45, 7) is 4.07. The molecule has 0 aliphatic carbocycles. The van der Waals surface area contributed by atoms with E-state index in [1.807, 2.05) is 12.3 Å². The van der Waals surface area contributed by atoms with Crippen molar-refractivity contribution in [3.63, 3.8) is 0 Å². The van der Waals surface area contributed by atoms with Crippen LogP contribution in [0.4, 0.5) is 0 Å². The highest BCUT2D eigenvalue weighted by atomic mass is 32.1. The molecule has 1 aliphatic rings.